The van der Waals surface area contributed by atoms with E-state index in [1.165, 1.54) is 0 Å². The van der Waals surface area contributed by atoms with Gasteiger partial charge in [0.15, 0.2) is 0 Å². The molecule has 3 amide bonds. The molecule has 0 bridgehead atoms. The lowest BCUT2D eigenvalue weighted by Gasteiger charge is -2.27. The minimum absolute atomic E-state index is 0.0186. The molecule has 0 saturated carbocycles. The Bertz CT molecular complexity index is 694. The van der Waals surface area contributed by atoms with Gasteiger partial charge in [-0.15, -0.1) is 0 Å². The Morgan fingerprint density at radius 2 is 1.21 bits per heavy atom. The summed E-state index contributed by atoms with van der Waals surface area (Å²) >= 11 is 0. The predicted molar refractivity (Wildman–Crippen MR) is 122 cm³/mol. The number of carboxylic acid groups (broad SMARTS) is 2. The Morgan fingerprint density at radius 3 is 1.64 bits per heavy atom. The first-order valence-electron chi connectivity index (χ1n) is 11.3. The van der Waals surface area contributed by atoms with Crippen LogP contribution < -0.4 is 21.7 Å². The van der Waals surface area contributed by atoms with E-state index in [4.69, 9.17) is 10.8 Å². The lowest BCUT2D eigenvalue weighted by Crippen LogP contribution is -2.58. The number of nitrogens with one attached hydrogen (secondary N) is 3. The van der Waals surface area contributed by atoms with Gasteiger partial charge in [-0.05, 0) is 37.0 Å². The van der Waals surface area contributed by atoms with Gasteiger partial charge in [-0.25, -0.2) is 4.79 Å². The summed E-state index contributed by atoms with van der Waals surface area (Å²) in [4.78, 5) is 60.6. The summed E-state index contributed by atoms with van der Waals surface area (Å²) in [7, 11) is 0. The second kappa shape index (κ2) is 14.5. The standard InChI is InChI=1S/C22H40N4O7/c1-11(2)9-14(23)19(29)24-15(7-8-17(27)28)20(30)25-16(10-12(3)4)21(31)26-18(13(5)6)22(32)33/h11-16,18H,7-10,23H2,1-6H3,(H,24,29)(H,25,30)(H,26,31)(H,27,28)(H,32,33). The Kier molecular flexibility index (Phi) is 13.3. The number of rotatable bonds is 15. The molecule has 4 atom stereocenters. The van der Waals surface area contributed by atoms with E-state index in [0.29, 0.717) is 6.42 Å². The third-order valence-corrected chi connectivity index (χ3v) is 4.91. The minimum atomic E-state index is -1.21. The van der Waals surface area contributed by atoms with E-state index in [0.717, 1.165) is 0 Å². The monoisotopic (exact) mass is 472 g/mol. The highest BCUT2D eigenvalue weighted by atomic mass is 16.4. The molecule has 0 rings (SSSR count). The first-order chi connectivity index (χ1) is 15.1. The van der Waals surface area contributed by atoms with Gasteiger partial charge in [0, 0.05) is 6.42 Å². The largest absolute Gasteiger partial charge is 0.481 e. The fourth-order valence-electron chi connectivity index (χ4n) is 3.17. The highest BCUT2D eigenvalue weighted by molar-refractivity contribution is 5.94. The van der Waals surface area contributed by atoms with Gasteiger partial charge in [0.2, 0.25) is 17.7 Å². The summed E-state index contributed by atoms with van der Waals surface area (Å²) in [5.41, 5.74) is 5.87. The van der Waals surface area contributed by atoms with Crippen LogP contribution in [0.25, 0.3) is 0 Å². The minimum Gasteiger partial charge on any atom is -0.481 e. The van der Waals surface area contributed by atoms with Crippen LogP contribution in [-0.2, 0) is 24.0 Å². The van der Waals surface area contributed by atoms with Crippen molar-refractivity contribution >= 4 is 29.7 Å². The summed E-state index contributed by atoms with van der Waals surface area (Å²) in [5.74, 6) is -4.60. The van der Waals surface area contributed by atoms with Gasteiger partial charge in [-0.3, -0.25) is 19.2 Å². The van der Waals surface area contributed by atoms with E-state index < -0.39 is 53.8 Å². The molecule has 0 spiro atoms. The molecular weight excluding hydrogens is 432 g/mol. The molecule has 0 aliphatic heterocycles. The smallest absolute Gasteiger partial charge is 0.326 e. The lowest BCUT2D eigenvalue weighted by molar-refractivity contribution is -0.143. The molecule has 0 fully saturated rings. The van der Waals surface area contributed by atoms with Gasteiger partial charge in [-0.1, -0.05) is 41.5 Å². The van der Waals surface area contributed by atoms with Crippen molar-refractivity contribution in [2.75, 3.05) is 0 Å². The van der Waals surface area contributed by atoms with Gasteiger partial charge in [0.1, 0.15) is 18.1 Å². The van der Waals surface area contributed by atoms with Crippen molar-refractivity contribution in [3.8, 4) is 0 Å². The number of carbonyl (C=O) groups excluding carboxylic acids is 3. The van der Waals surface area contributed by atoms with Crippen molar-refractivity contribution < 1.29 is 34.2 Å². The Hall–Kier alpha value is -2.69. The zero-order valence-electron chi connectivity index (χ0n) is 20.4. The first kappa shape index (κ1) is 30.3. The fraction of sp³-hybridized carbons (Fsp3) is 0.773. The average Bonchev–Trinajstić information content (AvgIpc) is 2.66. The second-order valence-electron chi connectivity index (χ2n) is 9.49. The summed E-state index contributed by atoms with van der Waals surface area (Å²) in [5, 5.41) is 25.8. The number of carboxylic acids is 2. The van der Waals surface area contributed by atoms with Crippen molar-refractivity contribution in [3.05, 3.63) is 0 Å². The number of hydrogen-bond donors (Lipinski definition) is 6. The Balaban J connectivity index is 5.55. The number of amides is 3. The summed E-state index contributed by atoms with van der Waals surface area (Å²) in [6, 6.07) is -4.29. The van der Waals surface area contributed by atoms with E-state index in [-0.39, 0.29) is 37.0 Å². The maximum absolute atomic E-state index is 12.9. The highest BCUT2D eigenvalue weighted by Gasteiger charge is 2.31. The van der Waals surface area contributed by atoms with Crippen LogP contribution in [0.5, 0.6) is 0 Å². The molecule has 0 saturated heterocycles. The quantitative estimate of drug-likeness (QED) is 0.198. The molecule has 0 aliphatic rings. The molecule has 33 heavy (non-hydrogen) atoms. The fourth-order valence-corrected chi connectivity index (χ4v) is 3.17. The number of nitrogens with two attached hydrogens (primary N) is 1. The number of carbonyl (C=O) groups is 5. The molecule has 7 N–H and O–H groups in total. The van der Waals surface area contributed by atoms with E-state index in [1.807, 2.05) is 27.7 Å². The molecule has 4 unspecified atom stereocenters. The average molecular weight is 473 g/mol. The highest BCUT2D eigenvalue weighted by Crippen LogP contribution is 2.10. The number of hydrogen-bond acceptors (Lipinski definition) is 6. The van der Waals surface area contributed by atoms with E-state index in [2.05, 4.69) is 16.0 Å². The molecule has 0 aliphatic carbocycles. The van der Waals surface area contributed by atoms with Crippen LogP contribution in [0.2, 0.25) is 0 Å². The Morgan fingerprint density at radius 1 is 0.727 bits per heavy atom. The van der Waals surface area contributed by atoms with Crippen LogP contribution >= 0.6 is 0 Å². The number of aliphatic carboxylic acids is 2. The van der Waals surface area contributed by atoms with E-state index in [1.54, 1.807) is 13.8 Å². The molecule has 190 valence electrons. The third kappa shape index (κ3) is 12.2. The second-order valence-corrected chi connectivity index (χ2v) is 9.49. The predicted octanol–water partition coefficient (Wildman–Crippen LogP) is 0.466. The van der Waals surface area contributed by atoms with Crippen LogP contribution in [0.3, 0.4) is 0 Å². The molecule has 0 heterocycles. The first-order valence-corrected chi connectivity index (χ1v) is 11.3. The maximum atomic E-state index is 12.9. The molecular formula is C22H40N4O7. The van der Waals surface area contributed by atoms with Crippen molar-refractivity contribution in [2.24, 2.45) is 23.5 Å². The zero-order chi connectivity index (χ0) is 25.9. The van der Waals surface area contributed by atoms with Gasteiger partial charge < -0.3 is 31.9 Å². The molecule has 0 aromatic heterocycles. The summed E-state index contributed by atoms with van der Waals surface area (Å²) in [6.07, 6.45) is 0.0199. The van der Waals surface area contributed by atoms with Crippen molar-refractivity contribution in [1.29, 1.82) is 0 Å². The maximum Gasteiger partial charge on any atom is 0.326 e. The third-order valence-electron chi connectivity index (χ3n) is 4.91. The molecule has 11 nitrogen and oxygen atoms in total. The van der Waals surface area contributed by atoms with Crippen LogP contribution in [0.1, 0.15) is 67.2 Å². The summed E-state index contributed by atoms with van der Waals surface area (Å²) in [6.45, 7) is 10.7. The lowest BCUT2D eigenvalue weighted by atomic mass is 9.99. The molecule has 0 aromatic carbocycles. The molecule has 0 radical (unpaired) electrons. The van der Waals surface area contributed by atoms with Crippen molar-refractivity contribution in [1.82, 2.24) is 16.0 Å². The van der Waals surface area contributed by atoms with E-state index in [9.17, 15) is 29.1 Å². The molecule has 0 aromatic rings. The summed E-state index contributed by atoms with van der Waals surface area (Å²) < 4.78 is 0. The topological polar surface area (TPSA) is 188 Å². The molecule has 11 heteroatoms. The van der Waals surface area contributed by atoms with Gasteiger partial charge in [-0.2, -0.15) is 0 Å². The van der Waals surface area contributed by atoms with Crippen LogP contribution in [0, 0.1) is 17.8 Å². The van der Waals surface area contributed by atoms with E-state index >= 15 is 0 Å². The van der Waals surface area contributed by atoms with Crippen LogP contribution in [-0.4, -0.2) is 64.0 Å². The van der Waals surface area contributed by atoms with Gasteiger partial charge in [0.25, 0.3) is 0 Å². The van der Waals surface area contributed by atoms with Gasteiger partial charge >= 0.3 is 11.9 Å². The SMILES string of the molecule is CC(C)CC(N)C(=O)NC(CCC(=O)O)C(=O)NC(CC(C)C)C(=O)NC(C(=O)O)C(C)C. The zero-order valence-corrected chi connectivity index (χ0v) is 20.4. The van der Waals surface area contributed by atoms with Crippen molar-refractivity contribution in [3.63, 3.8) is 0 Å². The van der Waals surface area contributed by atoms with Crippen LogP contribution in [0.15, 0.2) is 0 Å². The normalized spacial score (nSPS) is 15.0. The Labute approximate surface area is 195 Å². The van der Waals surface area contributed by atoms with Crippen LogP contribution in [0.4, 0.5) is 0 Å². The van der Waals surface area contributed by atoms with Crippen molar-refractivity contribution in [2.45, 2.75) is 91.4 Å². The van der Waals surface area contributed by atoms with Gasteiger partial charge in [0.05, 0.1) is 6.04 Å².